The summed E-state index contributed by atoms with van der Waals surface area (Å²) in [6.07, 6.45) is 0. The average Bonchev–Trinajstić information content (AvgIpc) is 3.15. The number of fused-ring (bicyclic) bond motifs is 1. The van der Waals surface area contributed by atoms with Crippen molar-refractivity contribution in [3.8, 4) is 17.2 Å². The predicted molar refractivity (Wildman–Crippen MR) is 104 cm³/mol. The van der Waals surface area contributed by atoms with Gasteiger partial charge < -0.3 is 29.6 Å². The number of hydrogen-bond donors (Lipinski definition) is 2. The SMILES string of the molecule is CN=C(NCc1cc2c(cc1OC(F)F)OCO2)NCC(C)N1CCOCC1C. The minimum absolute atomic E-state index is 0.0442. The zero-order valence-corrected chi connectivity index (χ0v) is 16.9. The molecule has 10 heteroatoms. The number of morpholine rings is 1. The third-order valence-corrected chi connectivity index (χ3v) is 4.99. The molecule has 2 heterocycles. The van der Waals surface area contributed by atoms with E-state index in [-0.39, 0.29) is 25.1 Å². The van der Waals surface area contributed by atoms with Crippen molar-refractivity contribution >= 4 is 5.96 Å². The summed E-state index contributed by atoms with van der Waals surface area (Å²) < 4.78 is 46.2. The van der Waals surface area contributed by atoms with Crippen LogP contribution in [0.2, 0.25) is 0 Å². The Bertz CT molecular complexity index is 720. The molecule has 8 nitrogen and oxygen atoms in total. The Morgan fingerprint density at radius 3 is 2.76 bits per heavy atom. The lowest BCUT2D eigenvalue weighted by molar-refractivity contribution is -0.0505. The zero-order valence-electron chi connectivity index (χ0n) is 16.9. The fourth-order valence-corrected chi connectivity index (χ4v) is 3.47. The summed E-state index contributed by atoms with van der Waals surface area (Å²) in [7, 11) is 1.66. The minimum atomic E-state index is -2.93. The van der Waals surface area contributed by atoms with Crippen LogP contribution in [0.5, 0.6) is 17.2 Å². The van der Waals surface area contributed by atoms with Gasteiger partial charge in [0.1, 0.15) is 5.75 Å². The van der Waals surface area contributed by atoms with Crippen molar-refractivity contribution < 1.29 is 27.7 Å². The van der Waals surface area contributed by atoms with Crippen LogP contribution in [0.1, 0.15) is 19.4 Å². The van der Waals surface area contributed by atoms with Gasteiger partial charge in [0.05, 0.1) is 13.2 Å². The highest BCUT2D eigenvalue weighted by Crippen LogP contribution is 2.38. The van der Waals surface area contributed by atoms with Gasteiger partial charge in [-0.2, -0.15) is 8.78 Å². The molecular formula is C19H28F2N4O4. The van der Waals surface area contributed by atoms with Crippen molar-refractivity contribution in [2.24, 2.45) is 4.99 Å². The molecule has 1 saturated heterocycles. The van der Waals surface area contributed by atoms with Crippen molar-refractivity contribution in [3.05, 3.63) is 17.7 Å². The molecule has 3 rings (SSSR count). The number of rotatable bonds is 7. The number of alkyl halides is 2. The first-order valence-electron chi connectivity index (χ1n) is 9.63. The van der Waals surface area contributed by atoms with E-state index in [1.54, 1.807) is 13.1 Å². The van der Waals surface area contributed by atoms with E-state index in [0.29, 0.717) is 35.6 Å². The monoisotopic (exact) mass is 414 g/mol. The van der Waals surface area contributed by atoms with Crippen LogP contribution in [0, 0.1) is 0 Å². The van der Waals surface area contributed by atoms with E-state index in [9.17, 15) is 8.78 Å². The maximum Gasteiger partial charge on any atom is 0.387 e. The van der Waals surface area contributed by atoms with E-state index in [1.807, 2.05) is 0 Å². The van der Waals surface area contributed by atoms with Gasteiger partial charge >= 0.3 is 6.61 Å². The first kappa shape index (κ1) is 21.4. The summed E-state index contributed by atoms with van der Waals surface area (Å²) in [6, 6.07) is 3.70. The van der Waals surface area contributed by atoms with Crippen LogP contribution in [-0.4, -0.2) is 69.7 Å². The lowest BCUT2D eigenvalue weighted by atomic mass is 10.1. The molecule has 29 heavy (non-hydrogen) atoms. The van der Waals surface area contributed by atoms with Crippen molar-refractivity contribution in [2.75, 3.05) is 40.1 Å². The number of aliphatic imine (C=N–C) groups is 1. The molecule has 0 aromatic heterocycles. The zero-order chi connectivity index (χ0) is 20.8. The van der Waals surface area contributed by atoms with Crippen LogP contribution >= 0.6 is 0 Å². The molecule has 0 amide bonds. The second-order valence-corrected chi connectivity index (χ2v) is 7.01. The molecule has 1 aromatic rings. The summed E-state index contributed by atoms with van der Waals surface area (Å²) >= 11 is 0. The van der Waals surface area contributed by atoms with Gasteiger partial charge in [-0.15, -0.1) is 0 Å². The third-order valence-electron chi connectivity index (χ3n) is 4.99. The summed E-state index contributed by atoms with van der Waals surface area (Å²) in [5.41, 5.74) is 0.521. The largest absolute Gasteiger partial charge is 0.454 e. The first-order chi connectivity index (χ1) is 14.0. The molecule has 0 saturated carbocycles. The van der Waals surface area contributed by atoms with Gasteiger partial charge in [-0.1, -0.05) is 0 Å². The number of ether oxygens (including phenoxy) is 4. The van der Waals surface area contributed by atoms with Gasteiger partial charge in [-0.05, 0) is 19.9 Å². The average molecular weight is 414 g/mol. The molecule has 0 aliphatic carbocycles. The van der Waals surface area contributed by atoms with E-state index in [0.717, 1.165) is 19.8 Å². The normalized spacial score (nSPS) is 20.6. The van der Waals surface area contributed by atoms with E-state index >= 15 is 0 Å². The van der Waals surface area contributed by atoms with Crippen molar-refractivity contribution in [1.29, 1.82) is 0 Å². The molecule has 1 aromatic carbocycles. The van der Waals surface area contributed by atoms with Gasteiger partial charge in [0.2, 0.25) is 6.79 Å². The molecule has 2 aliphatic rings. The molecule has 0 bridgehead atoms. The van der Waals surface area contributed by atoms with E-state index < -0.39 is 6.61 Å². The Morgan fingerprint density at radius 2 is 2.07 bits per heavy atom. The Kier molecular flexibility index (Phi) is 7.32. The first-order valence-corrected chi connectivity index (χ1v) is 9.63. The summed E-state index contributed by atoms with van der Waals surface area (Å²) in [6.45, 7) is 4.70. The lowest BCUT2D eigenvalue weighted by Crippen LogP contribution is -2.52. The maximum atomic E-state index is 12.8. The summed E-state index contributed by atoms with van der Waals surface area (Å²) in [5, 5.41) is 6.42. The smallest absolute Gasteiger partial charge is 0.387 e. The quantitative estimate of drug-likeness (QED) is 0.520. The van der Waals surface area contributed by atoms with Gasteiger partial charge in [0.15, 0.2) is 17.5 Å². The second-order valence-electron chi connectivity index (χ2n) is 7.01. The molecule has 1 fully saturated rings. The molecule has 0 spiro atoms. The number of hydrogen-bond acceptors (Lipinski definition) is 6. The fraction of sp³-hybridized carbons (Fsp3) is 0.632. The highest BCUT2D eigenvalue weighted by atomic mass is 19.3. The molecule has 2 atom stereocenters. The number of nitrogens with zero attached hydrogens (tertiary/aromatic N) is 2. The number of benzene rings is 1. The van der Waals surface area contributed by atoms with E-state index in [4.69, 9.17) is 14.2 Å². The summed E-state index contributed by atoms with van der Waals surface area (Å²) in [5.74, 6) is 1.50. The van der Waals surface area contributed by atoms with Crippen molar-refractivity contribution in [3.63, 3.8) is 0 Å². The molecule has 2 aliphatic heterocycles. The van der Waals surface area contributed by atoms with Crippen molar-refractivity contribution in [2.45, 2.75) is 39.1 Å². The predicted octanol–water partition coefficient (Wildman–Crippen LogP) is 1.79. The topological polar surface area (TPSA) is 76.6 Å². The van der Waals surface area contributed by atoms with Gasteiger partial charge in [0.25, 0.3) is 0 Å². The van der Waals surface area contributed by atoms with Gasteiger partial charge in [0, 0.05) is 50.4 Å². The standard InChI is InChI=1S/C19H28F2N4O4/c1-12(25-4-5-26-10-13(25)2)8-23-19(22-3)24-9-14-6-16-17(28-11-27-16)7-15(14)29-18(20)21/h6-7,12-13,18H,4-5,8-11H2,1-3H3,(H2,22,23,24). The summed E-state index contributed by atoms with van der Waals surface area (Å²) in [4.78, 5) is 6.59. The van der Waals surface area contributed by atoms with Crippen LogP contribution in [0.25, 0.3) is 0 Å². The Labute approximate surface area is 169 Å². The van der Waals surface area contributed by atoms with Gasteiger partial charge in [-0.25, -0.2) is 0 Å². The molecule has 2 unspecified atom stereocenters. The van der Waals surface area contributed by atoms with Crippen LogP contribution in [0.15, 0.2) is 17.1 Å². The van der Waals surface area contributed by atoms with Crippen LogP contribution in [0.4, 0.5) is 8.78 Å². The Balaban J connectivity index is 1.57. The second kappa shape index (κ2) is 9.93. The van der Waals surface area contributed by atoms with E-state index in [1.165, 1.54) is 6.07 Å². The third kappa shape index (κ3) is 5.60. The van der Waals surface area contributed by atoms with Crippen LogP contribution < -0.4 is 24.8 Å². The molecule has 2 N–H and O–H groups in total. The number of halogens is 2. The highest BCUT2D eigenvalue weighted by molar-refractivity contribution is 5.79. The fourth-order valence-electron chi connectivity index (χ4n) is 3.47. The van der Waals surface area contributed by atoms with Crippen molar-refractivity contribution in [1.82, 2.24) is 15.5 Å². The number of nitrogens with one attached hydrogen (secondary N) is 2. The van der Waals surface area contributed by atoms with Crippen LogP contribution in [-0.2, 0) is 11.3 Å². The minimum Gasteiger partial charge on any atom is -0.454 e. The highest BCUT2D eigenvalue weighted by Gasteiger charge is 2.24. The van der Waals surface area contributed by atoms with Gasteiger partial charge in [-0.3, -0.25) is 9.89 Å². The molecule has 0 radical (unpaired) electrons. The molecular weight excluding hydrogens is 386 g/mol. The maximum absolute atomic E-state index is 12.8. The Morgan fingerprint density at radius 1 is 1.31 bits per heavy atom. The Hall–Kier alpha value is -2.33. The number of guanidine groups is 1. The molecule has 162 valence electrons. The lowest BCUT2D eigenvalue weighted by Gasteiger charge is -2.38. The van der Waals surface area contributed by atoms with Crippen LogP contribution in [0.3, 0.4) is 0 Å². The van der Waals surface area contributed by atoms with E-state index in [2.05, 4.69) is 39.1 Å².